The summed E-state index contributed by atoms with van der Waals surface area (Å²) >= 11 is 0. The molecule has 0 saturated carbocycles. The maximum atomic E-state index is 13.7. The fourth-order valence-electron chi connectivity index (χ4n) is 4.69. The molecule has 3 aromatic carbocycles. The average molecular weight is 484 g/mol. The number of rotatable bonds is 9. The van der Waals surface area contributed by atoms with E-state index in [1.165, 1.54) is 0 Å². The average Bonchev–Trinajstić information content (AvgIpc) is 3.20. The van der Waals surface area contributed by atoms with Gasteiger partial charge in [-0.3, -0.25) is 9.59 Å². The van der Waals surface area contributed by atoms with Gasteiger partial charge in [0.15, 0.2) is 5.43 Å². The third kappa shape index (κ3) is 4.47. The van der Waals surface area contributed by atoms with Crippen LogP contribution in [0.1, 0.15) is 53.1 Å². The molecule has 2 heterocycles. The highest BCUT2D eigenvalue weighted by Crippen LogP contribution is 2.39. The Balaban J connectivity index is 1.55. The number of amides is 1. The Labute approximate surface area is 210 Å². The summed E-state index contributed by atoms with van der Waals surface area (Å²) in [5.74, 6) is 1.35. The lowest BCUT2D eigenvalue weighted by atomic mass is 9.98. The molecule has 0 fully saturated rings. The maximum absolute atomic E-state index is 13.7. The summed E-state index contributed by atoms with van der Waals surface area (Å²) in [6, 6.07) is 22.0. The van der Waals surface area contributed by atoms with Crippen LogP contribution in [-0.4, -0.2) is 31.1 Å². The summed E-state index contributed by atoms with van der Waals surface area (Å²) in [4.78, 5) is 29.0. The quantitative estimate of drug-likeness (QED) is 0.283. The van der Waals surface area contributed by atoms with Crippen molar-refractivity contribution in [3.05, 3.63) is 105 Å². The summed E-state index contributed by atoms with van der Waals surface area (Å²) in [5, 5.41) is 0.474. The molecule has 36 heavy (non-hydrogen) atoms. The van der Waals surface area contributed by atoms with Crippen molar-refractivity contribution in [2.45, 2.75) is 32.2 Å². The number of para-hydroxylation sites is 1. The molecule has 6 heteroatoms. The van der Waals surface area contributed by atoms with Gasteiger partial charge in [0.25, 0.3) is 5.91 Å². The Morgan fingerprint density at radius 1 is 0.944 bits per heavy atom. The lowest BCUT2D eigenvalue weighted by Gasteiger charge is -2.25. The van der Waals surface area contributed by atoms with Crippen molar-refractivity contribution in [2.75, 3.05) is 20.3 Å². The zero-order valence-corrected chi connectivity index (χ0v) is 20.5. The Bertz CT molecular complexity index is 1440. The molecule has 0 N–H and O–H groups in total. The van der Waals surface area contributed by atoms with Crippen molar-refractivity contribution in [2.24, 2.45) is 0 Å². The smallest absolute Gasteiger partial charge is 0.290 e. The van der Waals surface area contributed by atoms with E-state index in [1.807, 2.05) is 48.5 Å². The lowest BCUT2D eigenvalue weighted by molar-refractivity contribution is 0.0729. The van der Waals surface area contributed by atoms with E-state index in [9.17, 15) is 9.59 Å². The summed E-state index contributed by atoms with van der Waals surface area (Å²) < 4.78 is 17.2. The topological polar surface area (TPSA) is 69.0 Å². The van der Waals surface area contributed by atoms with Crippen LogP contribution in [0.3, 0.4) is 0 Å². The standard InChI is InChI=1S/C30H29NO5/c1-3-4-18-35-23-9-7-8-21(19-23)27-26-28(32)24-10-5-6-11-25(24)36-29(26)30(33)31(27)17-16-20-12-14-22(34-2)15-13-20/h5-15,19,27H,3-4,16-18H2,1-2H3. The Kier molecular flexibility index (Phi) is 6.76. The van der Waals surface area contributed by atoms with Crippen LogP contribution in [0.5, 0.6) is 11.5 Å². The van der Waals surface area contributed by atoms with Crippen LogP contribution in [0.15, 0.2) is 82.0 Å². The zero-order valence-electron chi connectivity index (χ0n) is 20.5. The molecule has 0 saturated heterocycles. The van der Waals surface area contributed by atoms with Gasteiger partial charge in [-0.25, -0.2) is 0 Å². The second kappa shape index (κ2) is 10.3. The Morgan fingerprint density at radius 3 is 2.53 bits per heavy atom. The van der Waals surface area contributed by atoms with Gasteiger partial charge in [-0.15, -0.1) is 0 Å². The molecule has 0 spiro atoms. The molecule has 0 bridgehead atoms. The molecule has 0 aliphatic carbocycles. The molecule has 1 unspecified atom stereocenters. The number of nitrogens with zero attached hydrogens (tertiary/aromatic N) is 1. The van der Waals surface area contributed by atoms with Crippen molar-refractivity contribution < 1.29 is 18.7 Å². The number of fused-ring (bicyclic) bond motifs is 2. The number of hydrogen-bond donors (Lipinski definition) is 0. The summed E-state index contributed by atoms with van der Waals surface area (Å²) in [7, 11) is 1.63. The Morgan fingerprint density at radius 2 is 1.75 bits per heavy atom. The third-order valence-corrected chi connectivity index (χ3v) is 6.61. The molecular formula is C30H29NO5. The van der Waals surface area contributed by atoms with Crippen molar-refractivity contribution in [3.63, 3.8) is 0 Å². The van der Waals surface area contributed by atoms with Gasteiger partial charge < -0.3 is 18.8 Å². The van der Waals surface area contributed by atoms with Gasteiger partial charge in [0, 0.05) is 6.54 Å². The van der Waals surface area contributed by atoms with E-state index in [2.05, 4.69) is 6.92 Å². The van der Waals surface area contributed by atoms with Crippen LogP contribution in [0.2, 0.25) is 0 Å². The number of ether oxygens (including phenoxy) is 2. The molecule has 1 aliphatic rings. The minimum Gasteiger partial charge on any atom is -0.497 e. The number of carbonyl (C=O) groups is 1. The maximum Gasteiger partial charge on any atom is 0.290 e. The van der Waals surface area contributed by atoms with Crippen molar-refractivity contribution >= 4 is 16.9 Å². The molecular weight excluding hydrogens is 454 g/mol. The fraction of sp³-hybridized carbons (Fsp3) is 0.267. The normalized spacial score (nSPS) is 14.8. The van der Waals surface area contributed by atoms with E-state index < -0.39 is 6.04 Å². The predicted octanol–water partition coefficient (Wildman–Crippen LogP) is 5.77. The van der Waals surface area contributed by atoms with Crippen LogP contribution < -0.4 is 14.9 Å². The fourth-order valence-corrected chi connectivity index (χ4v) is 4.69. The lowest BCUT2D eigenvalue weighted by Crippen LogP contribution is -2.31. The van der Waals surface area contributed by atoms with Crippen molar-refractivity contribution in [1.29, 1.82) is 0 Å². The number of benzene rings is 3. The van der Waals surface area contributed by atoms with Gasteiger partial charge in [0.2, 0.25) is 5.76 Å². The first-order valence-corrected chi connectivity index (χ1v) is 12.3. The molecule has 184 valence electrons. The van der Waals surface area contributed by atoms with E-state index >= 15 is 0 Å². The number of methoxy groups -OCH3 is 1. The minimum absolute atomic E-state index is 0.121. The van der Waals surface area contributed by atoms with Crippen molar-refractivity contribution in [3.8, 4) is 11.5 Å². The highest BCUT2D eigenvalue weighted by Gasteiger charge is 2.42. The molecule has 0 radical (unpaired) electrons. The van der Waals surface area contributed by atoms with Crippen LogP contribution >= 0.6 is 0 Å². The molecule has 5 rings (SSSR count). The molecule has 1 aliphatic heterocycles. The second-order valence-corrected chi connectivity index (χ2v) is 8.94. The first kappa shape index (κ1) is 23.7. The van der Waals surface area contributed by atoms with E-state index in [0.717, 1.165) is 35.5 Å². The van der Waals surface area contributed by atoms with Crippen LogP contribution in [-0.2, 0) is 6.42 Å². The van der Waals surface area contributed by atoms with E-state index in [1.54, 1.807) is 36.3 Å². The van der Waals surface area contributed by atoms with Gasteiger partial charge in [0.1, 0.15) is 17.1 Å². The highest BCUT2D eigenvalue weighted by atomic mass is 16.5. The minimum atomic E-state index is -0.554. The monoisotopic (exact) mass is 483 g/mol. The number of carbonyl (C=O) groups excluding carboxylic acids is 1. The van der Waals surface area contributed by atoms with E-state index in [0.29, 0.717) is 36.1 Å². The molecule has 1 aromatic heterocycles. The Hall–Kier alpha value is -4.06. The van der Waals surface area contributed by atoms with Gasteiger partial charge in [0.05, 0.1) is 30.7 Å². The van der Waals surface area contributed by atoms with Crippen LogP contribution in [0.25, 0.3) is 11.0 Å². The van der Waals surface area contributed by atoms with Crippen LogP contribution in [0, 0.1) is 0 Å². The van der Waals surface area contributed by atoms with Gasteiger partial charge in [-0.05, 0) is 60.4 Å². The first-order valence-electron chi connectivity index (χ1n) is 12.3. The summed E-state index contributed by atoms with van der Waals surface area (Å²) in [6.07, 6.45) is 2.62. The van der Waals surface area contributed by atoms with Crippen molar-refractivity contribution in [1.82, 2.24) is 4.90 Å². The predicted molar refractivity (Wildman–Crippen MR) is 139 cm³/mol. The van der Waals surface area contributed by atoms with Gasteiger partial charge in [-0.1, -0.05) is 49.7 Å². The largest absolute Gasteiger partial charge is 0.497 e. The van der Waals surface area contributed by atoms with Gasteiger partial charge >= 0.3 is 0 Å². The van der Waals surface area contributed by atoms with E-state index in [-0.39, 0.29) is 17.1 Å². The summed E-state index contributed by atoms with van der Waals surface area (Å²) in [6.45, 7) is 3.16. The molecule has 1 atom stereocenters. The second-order valence-electron chi connectivity index (χ2n) is 8.94. The summed E-state index contributed by atoms with van der Waals surface area (Å²) in [5.41, 5.74) is 2.53. The molecule has 1 amide bonds. The molecule has 4 aromatic rings. The zero-order chi connectivity index (χ0) is 25.1. The number of unbranched alkanes of at least 4 members (excludes halogenated alkanes) is 1. The van der Waals surface area contributed by atoms with Crippen LogP contribution in [0.4, 0.5) is 0 Å². The van der Waals surface area contributed by atoms with E-state index in [4.69, 9.17) is 13.9 Å². The van der Waals surface area contributed by atoms with Gasteiger partial charge in [-0.2, -0.15) is 0 Å². The number of hydrogen-bond acceptors (Lipinski definition) is 5. The first-order chi connectivity index (χ1) is 17.6. The highest BCUT2D eigenvalue weighted by molar-refractivity contribution is 5.99. The third-order valence-electron chi connectivity index (χ3n) is 6.61. The molecule has 6 nitrogen and oxygen atoms in total. The SMILES string of the molecule is CCCCOc1cccc(C2c3c(oc4ccccc4c3=O)C(=O)N2CCc2ccc(OC)cc2)c1.